The van der Waals surface area contributed by atoms with Crippen molar-refractivity contribution >= 4 is 0 Å². The Kier molecular flexibility index (Phi) is 15.0. The molecule has 0 N–H and O–H groups in total. The van der Waals surface area contributed by atoms with Crippen LogP contribution in [-0.2, 0) is 0 Å². The van der Waals surface area contributed by atoms with Crippen molar-refractivity contribution in [1.29, 1.82) is 0 Å². The summed E-state index contributed by atoms with van der Waals surface area (Å²) >= 11 is 0. The Morgan fingerprint density at radius 2 is 1.33 bits per heavy atom. The van der Waals surface area contributed by atoms with Crippen LogP contribution in [0.1, 0.15) is 13.3 Å². The van der Waals surface area contributed by atoms with Crippen LogP contribution < -0.4 is 24.0 Å². The van der Waals surface area contributed by atoms with Crippen molar-refractivity contribution in [1.82, 2.24) is 0 Å². The van der Waals surface area contributed by atoms with Crippen molar-refractivity contribution in [2.24, 2.45) is 0 Å². The molecule has 52 valence electrons. The standard InChI is InChI=1S/C3H5F3.CH3O.Li/c1-2-3(4,5)6;1-2;/h2H2,1H3;1H3;/q;-1;+1. The van der Waals surface area contributed by atoms with E-state index in [-0.39, 0.29) is 18.9 Å². The van der Waals surface area contributed by atoms with Gasteiger partial charge < -0.3 is 5.11 Å². The first-order valence-corrected chi connectivity index (χ1v) is 2.04. The van der Waals surface area contributed by atoms with E-state index in [9.17, 15) is 13.2 Å². The van der Waals surface area contributed by atoms with Crippen LogP contribution in [0, 0.1) is 0 Å². The van der Waals surface area contributed by atoms with E-state index < -0.39 is 12.6 Å². The fourth-order valence-electron chi connectivity index (χ4n) is 0. The van der Waals surface area contributed by atoms with Gasteiger partial charge in [0.2, 0.25) is 0 Å². The second-order valence-electron chi connectivity index (χ2n) is 0.969. The minimum absolute atomic E-state index is 0. The molecular formula is C4H8F3LiO. The van der Waals surface area contributed by atoms with Gasteiger partial charge in [-0.2, -0.15) is 20.3 Å². The third kappa shape index (κ3) is 30.0. The van der Waals surface area contributed by atoms with E-state index in [4.69, 9.17) is 5.11 Å². The summed E-state index contributed by atoms with van der Waals surface area (Å²) in [5.74, 6) is 0. The summed E-state index contributed by atoms with van der Waals surface area (Å²) < 4.78 is 32.4. The molecule has 1 nitrogen and oxygen atoms in total. The molecule has 0 spiro atoms. The third-order valence-electron chi connectivity index (χ3n) is 0.401. The summed E-state index contributed by atoms with van der Waals surface area (Å²) in [5, 5.41) is 8.25. The van der Waals surface area contributed by atoms with Crippen LogP contribution in [0.2, 0.25) is 0 Å². The topological polar surface area (TPSA) is 23.1 Å². The van der Waals surface area contributed by atoms with E-state index in [2.05, 4.69) is 0 Å². The fourth-order valence-corrected chi connectivity index (χ4v) is 0. The van der Waals surface area contributed by atoms with Crippen LogP contribution in [0.15, 0.2) is 0 Å². The fraction of sp³-hybridized carbons (Fsp3) is 1.00. The zero-order valence-corrected chi connectivity index (χ0v) is 5.75. The predicted octanol–water partition coefficient (Wildman–Crippen LogP) is -2.06. The van der Waals surface area contributed by atoms with Gasteiger partial charge in [-0.1, -0.05) is 6.92 Å². The smallest absolute Gasteiger partial charge is 0.857 e. The molecule has 0 fully saturated rings. The molecular weight excluding hydrogens is 128 g/mol. The van der Waals surface area contributed by atoms with Crippen LogP contribution in [-0.4, -0.2) is 13.3 Å². The largest absolute Gasteiger partial charge is 1.00 e. The third-order valence-corrected chi connectivity index (χ3v) is 0.401. The van der Waals surface area contributed by atoms with Gasteiger partial charge in [-0.05, 0) is 0 Å². The van der Waals surface area contributed by atoms with Crippen molar-refractivity contribution in [3.05, 3.63) is 0 Å². The zero-order valence-electron chi connectivity index (χ0n) is 5.75. The molecule has 0 atom stereocenters. The summed E-state index contributed by atoms with van der Waals surface area (Å²) in [6.07, 6.45) is -4.69. The van der Waals surface area contributed by atoms with Gasteiger partial charge in [0.1, 0.15) is 0 Å². The van der Waals surface area contributed by atoms with E-state index in [0.29, 0.717) is 0 Å². The molecule has 0 aliphatic rings. The average molecular weight is 136 g/mol. The number of rotatable bonds is 0. The maximum atomic E-state index is 10.8. The van der Waals surface area contributed by atoms with Crippen LogP contribution in [0.25, 0.3) is 0 Å². The Morgan fingerprint density at radius 3 is 1.33 bits per heavy atom. The molecule has 0 saturated heterocycles. The molecule has 0 aliphatic heterocycles. The van der Waals surface area contributed by atoms with Gasteiger partial charge in [0, 0.05) is 6.42 Å². The molecule has 0 unspecified atom stereocenters. The maximum Gasteiger partial charge on any atom is 1.00 e. The molecule has 0 bridgehead atoms. The van der Waals surface area contributed by atoms with E-state index in [0.717, 1.165) is 14.0 Å². The van der Waals surface area contributed by atoms with Crippen LogP contribution in [0.3, 0.4) is 0 Å². The minimum Gasteiger partial charge on any atom is -0.857 e. The summed E-state index contributed by atoms with van der Waals surface area (Å²) in [4.78, 5) is 0. The first-order chi connectivity index (χ1) is 3.56. The minimum atomic E-state index is -3.96. The Bertz CT molecular complexity index is 45.6. The van der Waals surface area contributed by atoms with Gasteiger partial charge in [0.15, 0.2) is 0 Å². The number of hydrogen-bond acceptors (Lipinski definition) is 1. The Morgan fingerprint density at radius 1 is 1.22 bits per heavy atom. The molecule has 0 aromatic heterocycles. The average Bonchev–Trinajstić information content (AvgIpc) is 1.71. The molecule has 0 aromatic carbocycles. The van der Waals surface area contributed by atoms with Crippen molar-refractivity contribution in [3.8, 4) is 0 Å². The molecule has 5 heteroatoms. The molecule has 0 heterocycles. The van der Waals surface area contributed by atoms with Crippen LogP contribution in [0.5, 0.6) is 0 Å². The van der Waals surface area contributed by atoms with E-state index in [1.807, 2.05) is 0 Å². The first-order valence-electron chi connectivity index (χ1n) is 2.04. The molecule has 0 aliphatic carbocycles. The number of alkyl halides is 3. The van der Waals surface area contributed by atoms with Gasteiger partial charge in [-0.25, -0.2) is 0 Å². The number of hydrogen-bond donors (Lipinski definition) is 0. The number of halogens is 3. The van der Waals surface area contributed by atoms with Gasteiger partial charge in [0.05, 0.1) is 0 Å². The van der Waals surface area contributed by atoms with Crippen LogP contribution in [0.4, 0.5) is 13.2 Å². The van der Waals surface area contributed by atoms with Gasteiger partial charge in [-0.15, -0.1) is 0 Å². The Hall–Kier alpha value is 0.347. The van der Waals surface area contributed by atoms with Gasteiger partial charge in [0.25, 0.3) is 0 Å². The normalized spacial score (nSPS) is 8.67. The summed E-state index contributed by atoms with van der Waals surface area (Å²) in [5.41, 5.74) is 0. The Labute approximate surface area is 64.4 Å². The van der Waals surface area contributed by atoms with Gasteiger partial charge in [-0.3, -0.25) is 0 Å². The first kappa shape index (κ1) is 16.2. The molecule has 0 aromatic rings. The monoisotopic (exact) mass is 136 g/mol. The molecule has 0 rings (SSSR count). The van der Waals surface area contributed by atoms with Crippen molar-refractivity contribution in [3.63, 3.8) is 0 Å². The Balaban J connectivity index is -0.000000109. The molecule has 0 saturated carbocycles. The van der Waals surface area contributed by atoms with Crippen LogP contribution >= 0.6 is 0 Å². The second kappa shape index (κ2) is 8.35. The van der Waals surface area contributed by atoms with E-state index in [1.165, 1.54) is 0 Å². The summed E-state index contributed by atoms with van der Waals surface area (Å²) in [7, 11) is 0.750. The van der Waals surface area contributed by atoms with Crippen molar-refractivity contribution in [2.45, 2.75) is 19.5 Å². The summed E-state index contributed by atoms with van der Waals surface area (Å²) in [6, 6.07) is 0. The molecule has 9 heavy (non-hydrogen) atoms. The van der Waals surface area contributed by atoms with Crippen molar-refractivity contribution < 1.29 is 37.1 Å². The van der Waals surface area contributed by atoms with Crippen molar-refractivity contribution in [2.75, 3.05) is 7.11 Å². The molecule has 0 amide bonds. The second-order valence-corrected chi connectivity index (χ2v) is 0.969. The maximum absolute atomic E-state index is 10.8. The van der Waals surface area contributed by atoms with Gasteiger partial charge >= 0.3 is 25.0 Å². The zero-order chi connectivity index (χ0) is 7.21. The predicted molar refractivity (Wildman–Crippen MR) is 22.3 cm³/mol. The van der Waals surface area contributed by atoms with E-state index >= 15 is 0 Å². The molecule has 0 radical (unpaired) electrons. The SMILES string of the molecule is CCC(F)(F)F.C[O-].[Li+]. The van der Waals surface area contributed by atoms with E-state index in [1.54, 1.807) is 0 Å². The summed E-state index contributed by atoms with van der Waals surface area (Å²) in [6.45, 7) is 1.08. The quantitative estimate of drug-likeness (QED) is 0.351.